The molecule has 1 aliphatic heterocycles. The van der Waals surface area contributed by atoms with Gasteiger partial charge in [-0.15, -0.1) is 0 Å². The third kappa shape index (κ3) is 4.41. The minimum Gasteiger partial charge on any atom is -0.370 e. The highest BCUT2D eigenvalue weighted by atomic mass is 32.2. The average Bonchev–Trinajstić information content (AvgIpc) is 2.47. The van der Waals surface area contributed by atoms with Crippen LogP contribution in [0.3, 0.4) is 0 Å². The van der Waals surface area contributed by atoms with Crippen molar-refractivity contribution in [3.8, 4) is 0 Å². The van der Waals surface area contributed by atoms with Crippen molar-refractivity contribution in [3.63, 3.8) is 0 Å². The molecule has 0 spiro atoms. The number of benzene rings is 1. The maximum atomic E-state index is 12.7. The van der Waals surface area contributed by atoms with E-state index in [0.29, 0.717) is 31.9 Å². The Labute approximate surface area is 135 Å². The van der Waals surface area contributed by atoms with Crippen LogP contribution in [-0.4, -0.2) is 62.8 Å². The molecule has 2 rings (SSSR count). The fraction of sp³-hybridized carbons (Fsp3) is 0.385. The van der Waals surface area contributed by atoms with Gasteiger partial charge in [-0.1, -0.05) is 6.07 Å². The van der Waals surface area contributed by atoms with E-state index in [4.69, 9.17) is 17.2 Å². The fourth-order valence-electron chi connectivity index (χ4n) is 2.18. The molecule has 0 unspecified atom stereocenters. The number of aliphatic imine (C=N–C) groups is 2. The van der Waals surface area contributed by atoms with E-state index in [-0.39, 0.29) is 16.8 Å². The SMILES string of the molecule is CN1CCN(S(=O)(=O)c2cccc(N=C(N)N=C(N)N)c2)CC1. The van der Waals surface area contributed by atoms with E-state index >= 15 is 0 Å². The van der Waals surface area contributed by atoms with Crippen LogP contribution in [0.4, 0.5) is 5.69 Å². The zero-order valence-corrected chi connectivity index (χ0v) is 13.7. The number of hydrogen-bond donors (Lipinski definition) is 3. The first-order valence-corrected chi connectivity index (χ1v) is 8.45. The Hall–Kier alpha value is -2.17. The average molecular weight is 339 g/mol. The van der Waals surface area contributed by atoms with Crippen molar-refractivity contribution >= 4 is 27.6 Å². The van der Waals surface area contributed by atoms with Crippen LogP contribution in [-0.2, 0) is 10.0 Å². The number of rotatable bonds is 3. The van der Waals surface area contributed by atoms with Gasteiger partial charge in [-0.3, -0.25) is 0 Å². The summed E-state index contributed by atoms with van der Waals surface area (Å²) in [6.45, 7) is 2.33. The van der Waals surface area contributed by atoms with E-state index in [1.165, 1.54) is 16.4 Å². The lowest BCUT2D eigenvalue weighted by Gasteiger charge is -2.31. The molecular weight excluding hydrogens is 318 g/mol. The molecule has 9 nitrogen and oxygen atoms in total. The summed E-state index contributed by atoms with van der Waals surface area (Å²) >= 11 is 0. The maximum absolute atomic E-state index is 12.7. The molecular formula is C13H21N7O2S. The molecule has 1 aliphatic rings. The highest BCUT2D eigenvalue weighted by Crippen LogP contribution is 2.22. The first-order valence-electron chi connectivity index (χ1n) is 7.01. The summed E-state index contributed by atoms with van der Waals surface area (Å²) in [6, 6.07) is 6.20. The van der Waals surface area contributed by atoms with Crippen LogP contribution >= 0.6 is 0 Å². The van der Waals surface area contributed by atoms with E-state index in [9.17, 15) is 8.42 Å². The molecule has 0 aromatic heterocycles. The molecule has 0 atom stereocenters. The molecule has 126 valence electrons. The van der Waals surface area contributed by atoms with Gasteiger partial charge in [0, 0.05) is 26.2 Å². The van der Waals surface area contributed by atoms with Gasteiger partial charge in [0.2, 0.25) is 16.0 Å². The van der Waals surface area contributed by atoms with E-state index in [0.717, 1.165) is 0 Å². The predicted molar refractivity (Wildman–Crippen MR) is 89.8 cm³/mol. The molecule has 1 aromatic carbocycles. The normalized spacial score (nSPS) is 17.9. The van der Waals surface area contributed by atoms with Gasteiger partial charge in [0.1, 0.15) is 0 Å². The van der Waals surface area contributed by atoms with E-state index in [1.54, 1.807) is 12.1 Å². The van der Waals surface area contributed by atoms with Crippen LogP contribution in [0, 0.1) is 0 Å². The van der Waals surface area contributed by atoms with Crippen molar-refractivity contribution in [2.45, 2.75) is 4.90 Å². The summed E-state index contributed by atoms with van der Waals surface area (Å²) in [5, 5.41) is 0. The van der Waals surface area contributed by atoms with Gasteiger partial charge in [-0.2, -0.15) is 9.30 Å². The molecule has 6 N–H and O–H groups in total. The van der Waals surface area contributed by atoms with E-state index in [2.05, 4.69) is 14.9 Å². The Kier molecular flexibility index (Phi) is 5.19. The Bertz CT molecular complexity index is 718. The van der Waals surface area contributed by atoms with Gasteiger partial charge in [0.25, 0.3) is 0 Å². The monoisotopic (exact) mass is 339 g/mol. The second kappa shape index (κ2) is 6.94. The number of sulfonamides is 1. The van der Waals surface area contributed by atoms with Gasteiger partial charge >= 0.3 is 0 Å². The first kappa shape index (κ1) is 17.2. The highest BCUT2D eigenvalue weighted by molar-refractivity contribution is 7.89. The lowest BCUT2D eigenvalue weighted by Crippen LogP contribution is -2.46. The Morgan fingerprint density at radius 3 is 2.39 bits per heavy atom. The largest absolute Gasteiger partial charge is 0.370 e. The van der Waals surface area contributed by atoms with Crippen molar-refractivity contribution < 1.29 is 8.42 Å². The lowest BCUT2D eigenvalue weighted by atomic mass is 10.3. The van der Waals surface area contributed by atoms with Crippen LogP contribution < -0.4 is 17.2 Å². The van der Waals surface area contributed by atoms with Gasteiger partial charge in [-0.25, -0.2) is 13.4 Å². The van der Waals surface area contributed by atoms with Crippen molar-refractivity contribution in [2.75, 3.05) is 33.2 Å². The highest BCUT2D eigenvalue weighted by Gasteiger charge is 2.27. The van der Waals surface area contributed by atoms with E-state index in [1.807, 2.05) is 7.05 Å². The zero-order valence-electron chi connectivity index (χ0n) is 12.9. The zero-order chi connectivity index (χ0) is 17.0. The molecule has 1 heterocycles. The maximum Gasteiger partial charge on any atom is 0.243 e. The van der Waals surface area contributed by atoms with Crippen LogP contribution in [0.1, 0.15) is 0 Å². The molecule has 23 heavy (non-hydrogen) atoms. The van der Waals surface area contributed by atoms with Crippen molar-refractivity contribution in [1.29, 1.82) is 0 Å². The number of nitrogens with zero attached hydrogens (tertiary/aromatic N) is 4. The summed E-state index contributed by atoms with van der Waals surface area (Å²) in [4.78, 5) is 9.84. The van der Waals surface area contributed by atoms with Crippen molar-refractivity contribution in [2.24, 2.45) is 27.2 Å². The quantitative estimate of drug-likeness (QED) is 0.468. The third-order valence-electron chi connectivity index (χ3n) is 3.40. The summed E-state index contributed by atoms with van der Waals surface area (Å²) < 4.78 is 26.8. The number of piperazine rings is 1. The second-order valence-electron chi connectivity index (χ2n) is 5.21. The van der Waals surface area contributed by atoms with Crippen molar-refractivity contribution in [1.82, 2.24) is 9.21 Å². The Balaban J connectivity index is 2.27. The molecule has 10 heteroatoms. The van der Waals surface area contributed by atoms with Crippen LogP contribution in [0.5, 0.6) is 0 Å². The van der Waals surface area contributed by atoms with Gasteiger partial charge in [0.05, 0.1) is 10.6 Å². The molecule has 1 fully saturated rings. The number of guanidine groups is 2. The second-order valence-corrected chi connectivity index (χ2v) is 7.15. The molecule has 0 bridgehead atoms. The predicted octanol–water partition coefficient (Wildman–Crippen LogP) is -1.16. The van der Waals surface area contributed by atoms with Crippen molar-refractivity contribution in [3.05, 3.63) is 24.3 Å². The summed E-state index contributed by atoms with van der Waals surface area (Å²) in [5.41, 5.74) is 16.4. The summed E-state index contributed by atoms with van der Waals surface area (Å²) in [7, 11) is -1.59. The van der Waals surface area contributed by atoms with Crippen LogP contribution in [0.25, 0.3) is 0 Å². The minimum absolute atomic E-state index is 0.140. The van der Waals surface area contributed by atoms with Gasteiger partial charge < -0.3 is 22.1 Å². The summed E-state index contributed by atoms with van der Waals surface area (Å²) in [5.74, 6) is -0.355. The Morgan fingerprint density at radius 1 is 1.13 bits per heavy atom. The topological polar surface area (TPSA) is 143 Å². The molecule has 0 aliphatic carbocycles. The molecule has 0 amide bonds. The van der Waals surface area contributed by atoms with Gasteiger partial charge in [0.15, 0.2) is 5.96 Å². The third-order valence-corrected chi connectivity index (χ3v) is 5.30. The molecule has 0 radical (unpaired) electrons. The lowest BCUT2D eigenvalue weighted by molar-refractivity contribution is 0.222. The van der Waals surface area contributed by atoms with Crippen LogP contribution in [0.15, 0.2) is 39.1 Å². The minimum atomic E-state index is -3.56. The van der Waals surface area contributed by atoms with Crippen LogP contribution in [0.2, 0.25) is 0 Å². The van der Waals surface area contributed by atoms with E-state index < -0.39 is 10.0 Å². The summed E-state index contributed by atoms with van der Waals surface area (Å²) in [6.07, 6.45) is 0. The number of hydrogen-bond acceptors (Lipinski definition) is 4. The standard InChI is InChI=1S/C13H21N7O2S/c1-19-5-7-20(8-6-19)23(21,22)11-4-2-3-10(9-11)17-13(16)18-12(14)15/h2-4,9H,5-8H2,1H3,(H6,14,15,16,17,18). The molecule has 0 saturated carbocycles. The molecule has 1 saturated heterocycles. The Morgan fingerprint density at radius 2 is 1.78 bits per heavy atom. The first-order chi connectivity index (χ1) is 10.8. The number of nitrogens with two attached hydrogens (primary N) is 3. The molecule has 1 aromatic rings. The van der Waals surface area contributed by atoms with Gasteiger partial charge in [-0.05, 0) is 25.2 Å². The number of likely N-dealkylation sites (N-methyl/N-ethyl adjacent to an activating group) is 1. The fourth-order valence-corrected chi connectivity index (χ4v) is 3.64. The smallest absolute Gasteiger partial charge is 0.243 e.